The molecule has 0 bridgehead atoms. The fraction of sp³-hybridized carbons (Fsp3) is 0.412. The molecule has 0 aromatic heterocycles. The van der Waals surface area contributed by atoms with Gasteiger partial charge in [-0.05, 0) is 42.5 Å². The molecule has 1 aromatic rings. The van der Waals surface area contributed by atoms with Crippen molar-refractivity contribution in [1.29, 1.82) is 0 Å². The van der Waals surface area contributed by atoms with Gasteiger partial charge in [-0.3, -0.25) is 9.59 Å². The summed E-state index contributed by atoms with van der Waals surface area (Å²) >= 11 is 12.5. The predicted molar refractivity (Wildman–Crippen MR) is 92.8 cm³/mol. The average molecular weight is 355 g/mol. The van der Waals surface area contributed by atoms with E-state index in [2.05, 4.69) is 11.9 Å². The molecule has 1 fully saturated rings. The van der Waals surface area contributed by atoms with Crippen molar-refractivity contribution in [3.8, 4) is 0 Å². The van der Waals surface area contributed by atoms with Gasteiger partial charge in [-0.25, -0.2) is 0 Å². The molecule has 2 rings (SSSR count). The largest absolute Gasteiger partial charge is 0.352 e. The van der Waals surface area contributed by atoms with E-state index in [-0.39, 0.29) is 17.7 Å². The van der Waals surface area contributed by atoms with Crippen molar-refractivity contribution in [1.82, 2.24) is 10.2 Å². The van der Waals surface area contributed by atoms with Crippen LogP contribution in [0.15, 0.2) is 30.9 Å². The van der Waals surface area contributed by atoms with Gasteiger partial charge in [0.2, 0.25) is 11.8 Å². The number of halogens is 2. The van der Waals surface area contributed by atoms with Gasteiger partial charge in [0.25, 0.3) is 0 Å². The van der Waals surface area contributed by atoms with Crippen LogP contribution in [0.1, 0.15) is 30.7 Å². The third kappa shape index (κ3) is 4.72. The molecule has 0 saturated carbocycles. The number of hydrogen-bond acceptors (Lipinski definition) is 2. The van der Waals surface area contributed by atoms with Gasteiger partial charge in [0.15, 0.2) is 0 Å². The van der Waals surface area contributed by atoms with Gasteiger partial charge in [0.1, 0.15) is 0 Å². The summed E-state index contributed by atoms with van der Waals surface area (Å²) in [6.45, 7) is 5.07. The second kappa shape index (κ2) is 8.37. The quantitative estimate of drug-likeness (QED) is 0.823. The average Bonchev–Trinajstić information content (AvgIpc) is 2.55. The predicted octanol–water partition coefficient (Wildman–Crippen LogP) is 3.39. The van der Waals surface area contributed by atoms with Crippen LogP contribution in [0.5, 0.6) is 0 Å². The van der Waals surface area contributed by atoms with E-state index in [1.165, 1.54) is 6.08 Å². The lowest BCUT2D eigenvalue weighted by atomic mass is 9.89. The number of piperidine rings is 1. The van der Waals surface area contributed by atoms with E-state index in [1.807, 2.05) is 23.1 Å². The molecule has 124 valence electrons. The maximum atomic E-state index is 12.1. The van der Waals surface area contributed by atoms with Gasteiger partial charge >= 0.3 is 0 Å². The Kier molecular flexibility index (Phi) is 6.48. The first-order chi connectivity index (χ1) is 11.0. The molecule has 0 spiro atoms. The number of nitrogens with one attached hydrogen (secondary N) is 1. The Labute approximate surface area is 146 Å². The topological polar surface area (TPSA) is 49.4 Å². The third-order valence-electron chi connectivity index (χ3n) is 4.08. The zero-order valence-corrected chi connectivity index (χ0v) is 14.4. The summed E-state index contributed by atoms with van der Waals surface area (Å²) in [6.07, 6.45) is 3.18. The van der Waals surface area contributed by atoms with Crippen LogP contribution in [0.25, 0.3) is 0 Å². The highest BCUT2D eigenvalue weighted by Gasteiger charge is 2.26. The van der Waals surface area contributed by atoms with E-state index < -0.39 is 0 Å². The van der Waals surface area contributed by atoms with E-state index in [9.17, 15) is 9.59 Å². The lowest BCUT2D eigenvalue weighted by molar-refractivity contribution is -0.132. The highest BCUT2D eigenvalue weighted by atomic mass is 35.5. The van der Waals surface area contributed by atoms with E-state index in [0.29, 0.717) is 36.1 Å². The van der Waals surface area contributed by atoms with Crippen molar-refractivity contribution in [2.45, 2.75) is 25.2 Å². The number of benzene rings is 1. The molecular formula is C17H20Cl2N2O2. The minimum atomic E-state index is -0.259. The monoisotopic (exact) mass is 354 g/mol. The number of carbonyl (C=O) groups excluding carboxylic acids is 2. The highest BCUT2D eigenvalue weighted by molar-refractivity contribution is 6.36. The summed E-state index contributed by atoms with van der Waals surface area (Å²) in [5.41, 5.74) is 0.987. The lowest BCUT2D eigenvalue weighted by Crippen LogP contribution is -2.39. The van der Waals surface area contributed by atoms with Crippen molar-refractivity contribution in [3.63, 3.8) is 0 Å². The molecule has 1 aromatic carbocycles. The second-order valence-corrected chi connectivity index (χ2v) is 6.35. The zero-order valence-electron chi connectivity index (χ0n) is 12.9. The molecular weight excluding hydrogens is 335 g/mol. The number of rotatable bonds is 5. The molecule has 2 amide bonds. The van der Waals surface area contributed by atoms with Crippen molar-refractivity contribution in [3.05, 3.63) is 46.5 Å². The molecule has 0 atom stereocenters. The van der Waals surface area contributed by atoms with E-state index in [4.69, 9.17) is 23.2 Å². The number of likely N-dealkylation sites (tertiary alicyclic amines) is 1. The maximum Gasteiger partial charge on any atom is 0.243 e. The maximum absolute atomic E-state index is 12.1. The van der Waals surface area contributed by atoms with Crippen LogP contribution < -0.4 is 5.32 Å². The summed E-state index contributed by atoms with van der Waals surface area (Å²) in [7, 11) is 0. The Morgan fingerprint density at radius 3 is 2.43 bits per heavy atom. The Balaban J connectivity index is 1.85. The van der Waals surface area contributed by atoms with Gasteiger partial charge in [-0.1, -0.05) is 35.8 Å². The van der Waals surface area contributed by atoms with E-state index in [1.54, 1.807) is 0 Å². The van der Waals surface area contributed by atoms with Gasteiger partial charge in [-0.15, -0.1) is 0 Å². The zero-order chi connectivity index (χ0) is 16.8. The smallest absolute Gasteiger partial charge is 0.243 e. The van der Waals surface area contributed by atoms with Crippen molar-refractivity contribution < 1.29 is 9.59 Å². The fourth-order valence-corrected chi connectivity index (χ4v) is 3.55. The molecule has 0 unspecified atom stereocenters. The SMILES string of the molecule is C=CC(=O)NCCC(=O)N1CCC(c2c(Cl)cccc2Cl)CC1. The number of hydrogen-bond donors (Lipinski definition) is 1. The second-order valence-electron chi connectivity index (χ2n) is 5.54. The molecule has 1 aliphatic rings. The fourth-order valence-electron chi connectivity index (χ4n) is 2.84. The van der Waals surface area contributed by atoms with Crippen molar-refractivity contribution in [2.75, 3.05) is 19.6 Å². The summed E-state index contributed by atoms with van der Waals surface area (Å²) < 4.78 is 0. The lowest BCUT2D eigenvalue weighted by Gasteiger charge is -2.33. The third-order valence-corrected chi connectivity index (χ3v) is 4.74. The molecule has 4 nitrogen and oxygen atoms in total. The Hall–Kier alpha value is -1.52. The van der Waals surface area contributed by atoms with Crippen LogP contribution in [-0.4, -0.2) is 36.3 Å². The van der Waals surface area contributed by atoms with Crippen LogP contribution in [0, 0.1) is 0 Å². The van der Waals surface area contributed by atoms with Gasteiger partial charge < -0.3 is 10.2 Å². The molecule has 0 aliphatic carbocycles. The number of amides is 2. The van der Waals surface area contributed by atoms with Crippen LogP contribution in [0.3, 0.4) is 0 Å². The van der Waals surface area contributed by atoms with Gasteiger partial charge in [0, 0.05) is 36.1 Å². The number of nitrogens with zero attached hydrogens (tertiary/aromatic N) is 1. The molecule has 1 heterocycles. The van der Waals surface area contributed by atoms with Crippen LogP contribution in [0.4, 0.5) is 0 Å². The highest BCUT2D eigenvalue weighted by Crippen LogP contribution is 2.37. The standard InChI is InChI=1S/C17H20Cl2N2O2/c1-2-15(22)20-9-6-16(23)21-10-7-12(8-11-21)17-13(18)4-3-5-14(17)19/h2-5,12H,1,6-11H2,(H,20,22). The molecule has 1 aliphatic heterocycles. The molecule has 1 N–H and O–H groups in total. The summed E-state index contributed by atoms with van der Waals surface area (Å²) in [6, 6.07) is 5.54. The molecule has 23 heavy (non-hydrogen) atoms. The molecule has 1 saturated heterocycles. The number of carbonyl (C=O) groups is 2. The molecule has 0 radical (unpaired) electrons. The summed E-state index contributed by atoms with van der Waals surface area (Å²) in [5.74, 6) is 0.0728. The first kappa shape index (κ1) is 17.8. The summed E-state index contributed by atoms with van der Waals surface area (Å²) in [5, 5.41) is 3.99. The minimum absolute atomic E-state index is 0.0538. The van der Waals surface area contributed by atoms with Gasteiger partial charge in [0.05, 0.1) is 0 Å². The summed E-state index contributed by atoms with van der Waals surface area (Å²) in [4.78, 5) is 25.0. The Morgan fingerprint density at radius 1 is 1.26 bits per heavy atom. The van der Waals surface area contributed by atoms with Crippen molar-refractivity contribution in [2.24, 2.45) is 0 Å². The normalized spacial score (nSPS) is 15.3. The minimum Gasteiger partial charge on any atom is -0.352 e. The van der Waals surface area contributed by atoms with Crippen LogP contribution >= 0.6 is 23.2 Å². The van der Waals surface area contributed by atoms with Crippen molar-refractivity contribution >= 4 is 35.0 Å². The first-order valence-electron chi connectivity index (χ1n) is 7.65. The van der Waals surface area contributed by atoms with Crippen LogP contribution in [0.2, 0.25) is 10.0 Å². The Bertz CT molecular complexity index is 576. The van der Waals surface area contributed by atoms with Gasteiger partial charge in [-0.2, -0.15) is 0 Å². The van der Waals surface area contributed by atoms with Crippen LogP contribution in [-0.2, 0) is 9.59 Å². The first-order valence-corrected chi connectivity index (χ1v) is 8.40. The van der Waals surface area contributed by atoms with E-state index in [0.717, 1.165) is 18.4 Å². The molecule has 6 heteroatoms. The Morgan fingerprint density at radius 2 is 1.87 bits per heavy atom. The van der Waals surface area contributed by atoms with E-state index >= 15 is 0 Å².